The van der Waals surface area contributed by atoms with Crippen molar-refractivity contribution in [3.05, 3.63) is 35.4 Å². The summed E-state index contributed by atoms with van der Waals surface area (Å²) in [5.41, 5.74) is 2.01. The van der Waals surface area contributed by atoms with Gasteiger partial charge in [0.05, 0.1) is 11.5 Å². The zero-order valence-corrected chi connectivity index (χ0v) is 10.4. The van der Waals surface area contributed by atoms with Crippen LogP contribution in [0.2, 0.25) is 0 Å². The van der Waals surface area contributed by atoms with Crippen LogP contribution in [0.1, 0.15) is 29.9 Å². The lowest BCUT2D eigenvalue weighted by atomic mass is 9.94. The lowest BCUT2D eigenvalue weighted by Gasteiger charge is -2.22. The van der Waals surface area contributed by atoms with Crippen LogP contribution in [-0.2, 0) is 21.1 Å². The summed E-state index contributed by atoms with van der Waals surface area (Å²) in [4.78, 5) is 10.5. The normalized spacial score (nSPS) is 23.2. The number of hydrogen-bond acceptors (Lipinski definition) is 3. The molecule has 1 aromatic rings. The monoisotopic (exact) mass is 252 g/mol. The molecule has 3 nitrogen and oxygen atoms in total. The Bertz CT molecular complexity index is 505. The summed E-state index contributed by atoms with van der Waals surface area (Å²) in [7, 11) is -2.87. The lowest BCUT2D eigenvalue weighted by Crippen LogP contribution is -2.23. The highest BCUT2D eigenvalue weighted by Gasteiger charge is 2.25. The molecule has 1 unspecified atom stereocenters. The van der Waals surface area contributed by atoms with Crippen LogP contribution >= 0.6 is 0 Å². The van der Waals surface area contributed by atoms with Crippen LogP contribution in [0.5, 0.6) is 0 Å². The summed E-state index contributed by atoms with van der Waals surface area (Å²) in [6.45, 7) is 0. The highest BCUT2D eigenvalue weighted by molar-refractivity contribution is 7.91. The summed E-state index contributed by atoms with van der Waals surface area (Å²) >= 11 is 0. The fourth-order valence-electron chi connectivity index (χ4n) is 2.36. The molecule has 1 atom stereocenters. The van der Waals surface area contributed by atoms with Gasteiger partial charge in [0.15, 0.2) is 9.84 Å². The molecule has 1 heterocycles. The maximum absolute atomic E-state index is 11.6. The molecular weight excluding hydrogens is 236 g/mol. The molecule has 1 fully saturated rings. The van der Waals surface area contributed by atoms with Crippen molar-refractivity contribution in [3.8, 4) is 0 Å². The number of hydrogen-bond donors (Lipinski definition) is 0. The van der Waals surface area contributed by atoms with E-state index in [1.54, 1.807) is 0 Å². The van der Waals surface area contributed by atoms with Crippen molar-refractivity contribution in [2.45, 2.75) is 25.2 Å². The smallest absolute Gasteiger partial charge is 0.150 e. The lowest BCUT2D eigenvalue weighted by molar-refractivity contribution is -0.107. The second-order valence-corrected chi connectivity index (χ2v) is 6.80. The Kier molecular flexibility index (Phi) is 3.62. The average Bonchev–Trinajstić information content (AvgIpc) is 2.28. The fraction of sp³-hybridized carbons (Fsp3) is 0.462. The van der Waals surface area contributed by atoms with Crippen molar-refractivity contribution >= 4 is 16.1 Å². The first-order valence-electron chi connectivity index (χ1n) is 5.83. The Labute approximate surface area is 102 Å². The van der Waals surface area contributed by atoms with E-state index in [4.69, 9.17) is 0 Å². The Morgan fingerprint density at radius 1 is 1.35 bits per heavy atom. The average molecular weight is 252 g/mol. The summed E-state index contributed by atoms with van der Waals surface area (Å²) in [6.07, 6.45) is 2.93. The molecule has 17 heavy (non-hydrogen) atoms. The molecule has 0 amide bonds. The minimum absolute atomic E-state index is 0.0975. The van der Waals surface area contributed by atoms with E-state index in [0.29, 0.717) is 12.2 Å². The molecule has 0 radical (unpaired) electrons. The number of sulfone groups is 1. The number of carbonyl (C=O) groups is 1. The van der Waals surface area contributed by atoms with Gasteiger partial charge in [-0.05, 0) is 29.9 Å². The molecule has 0 bridgehead atoms. The van der Waals surface area contributed by atoms with Gasteiger partial charge in [0.2, 0.25) is 0 Å². The Morgan fingerprint density at radius 2 is 2.18 bits per heavy atom. The molecule has 0 N–H and O–H groups in total. The third kappa shape index (κ3) is 3.16. The van der Waals surface area contributed by atoms with Gasteiger partial charge in [0.1, 0.15) is 6.29 Å². The molecule has 0 spiro atoms. The van der Waals surface area contributed by atoms with Crippen molar-refractivity contribution < 1.29 is 13.2 Å². The van der Waals surface area contributed by atoms with E-state index in [-0.39, 0.29) is 11.7 Å². The van der Waals surface area contributed by atoms with E-state index in [1.165, 1.54) is 0 Å². The number of aldehydes is 1. The first-order valence-corrected chi connectivity index (χ1v) is 7.66. The van der Waals surface area contributed by atoms with Crippen molar-refractivity contribution in [3.63, 3.8) is 0 Å². The SMILES string of the molecule is O=CCc1cccc(C2CCCS(=O)(=O)C2)c1. The minimum atomic E-state index is -2.87. The van der Waals surface area contributed by atoms with Crippen molar-refractivity contribution in [2.24, 2.45) is 0 Å². The summed E-state index contributed by atoms with van der Waals surface area (Å²) in [5, 5.41) is 0. The van der Waals surface area contributed by atoms with Gasteiger partial charge in [0.25, 0.3) is 0 Å². The molecule has 1 aromatic carbocycles. The van der Waals surface area contributed by atoms with Crippen LogP contribution < -0.4 is 0 Å². The highest BCUT2D eigenvalue weighted by Crippen LogP contribution is 2.28. The summed E-state index contributed by atoms with van der Waals surface area (Å²) < 4.78 is 23.2. The molecule has 1 aliphatic rings. The van der Waals surface area contributed by atoms with E-state index < -0.39 is 9.84 Å². The van der Waals surface area contributed by atoms with Gasteiger partial charge < -0.3 is 4.79 Å². The fourth-order valence-corrected chi connectivity index (χ4v) is 4.10. The van der Waals surface area contributed by atoms with E-state index >= 15 is 0 Å². The molecule has 1 aliphatic heterocycles. The van der Waals surface area contributed by atoms with E-state index in [2.05, 4.69) is 0 Å². The minimum Gasteiger partial charge on any atom is -0.303 e. The van der Waals surface area contributed by atoms with Gasteiger partial charge in [-0.15, -0.1) is 0 Å². The molecule has 0 saturated carbocycles. The maximum Gasteiger partial charge on any atom is 0.150 e. The van der Waals surface area contributed by atoms with E-state index in [0.717, 1.165) is 30.3 Å². The van der Waals surface area contributed by atoms with Gasteiger partial charge in [-0.3, -0.25) is 0 Å². The van der Waals surface area contributed by atoms with Crippen LogP contribution in [0.25, 0.3) is 0 Å². The van der Waals surface area contributed by atoms with Gasteiger partial charge in [0, 0.05) is 6.42 Å². The zero-order chi connectivity index (χ0) is 12.3. The predicted octanol–water partition coefficient (Wildman–Crippen LogP) is 1.72. The highest BCUT2D eigenvalue weighted by atomic mass is 32.2. The topological polar surface area (TPSA) is 51.2 Å². The van der Waals surface area contributed by atoms with Gasteiger partial charge in [-0.25, -0.2) is 8.42 Å². The maximum atomic E-state index is 11.6. The first kappa shape index (κ1) is 12.3. The zero-order valence-electron chi connectivity index (χ0n) is 9.63. The molecule has 1 saturated heterocycles. The molecule has 0 aliphatic carbocycles. The molecule has 4 heteroatoms. The van der Waals surface area contributed by atoms with Gasteiger partial charge >= 0.3 is 0 Å². The Morgan fingerprint density at radius 3 is 2.88 bits per heavy atom. The van der Waals surface area contributed by atoms with E-state index in [9.17, 15) is 13.2 Å². The van der Waals surface area contributed by atoms with Crippen LogP contribution in [-0.4, -0.2) is 26.2 Å². The molecule has 0 aromatic heterocycles. The Hall–Kier alpha value is -1.16. The standard InChI is InChI=1S/C13H16O3S/c14-7-6-11-3-1-4-12(9-11)13-5-2-8-17(15,16)10-13/h1,3-4,7,9,13H,2,5-6,8,10H2. The van der Waals surface area contributed by atoms with Crippen LogP contribution in [0.4, 0.5) is 0 Å². The second kappa shape index (κ2) is 5.00. The molecular formula is C13H16O3S. The van der Waals surface area contributed by atoms with Crippen LogP contribution in [0.15, 0.2) is 24.3 Å². The Balaban J connectivity index is 2.21. The molecule has 92 valence electrons. The second-order valence-electron chi connectivity index (χ2n) is 4.57. The first-order chi connectivity index (χ1) is 8.11. The summed E-state index contributed by atoms with van der Waals surface area (Å²) in [5.74, 6) is 0.662. The van der Waals surface area contributed by atoms with Crippen LogP contribution in [0, 0.1) is 0 Å². The number of carbonyl (C=O) groups excluding carboxylic acids is 1. The third-order valence-electron chi connectivity index (χ3n) is 3.20. The van der Waals surface area contributed by atoms with Gasteiger partial charge in [-0.2, -0.15) is 0 Å². The van der Waals surface area contributed by atoms with Crippen molar-refractivity contribution in [1.29, 1.82) is 0 Å². The van der Waals surface area contributed by atoms with Gasteiger partial charge in [-0.1, -0.05) is 24.3 Å². The predicted molar refractivity (Wildman–Crippen MR) is 66.8 cm³/mol. The van der Waals surface area contributed by atoms with E-state index in [1.807, 2.05) is 24.3 Å². The quantitative estimate of drug-likeness (QED) is 0.770. The number of rotatable bonds is 3. The third-order valence-corrected chi connectivity index (χ3v) is 5.03. The van der Waals surface area contributed by atoms with Crippen LogP contribution in [0.3, 0.4) is 0 Å². The largest absolute Gasteiger partial charge is 0.303 e. The summed E-state index contributed by atoms with van der Waals surface area (Å²) in [6, 6.07) is 7.71. The molecule has 2 rings (SSSR count). The van der Waals surface area contributed by atoms with Crippen molar-refractivity contribution in [1.82, 2.24) is 0 Å². The number of benzene rings is 1. The van der Waals surface area contributed by atoms with Crippen molar-refractivity contribution in [2.75, 3.05) is 11.5 Å².